The summed E-state index contributed by atoms with van der Waals surface area (Å²) in [5.41, 5.74) is 2.60. The van der Waals surface area contributed by atoms with Crippen molar-refractivity contribution in [1.82, 2.24) is 34.9 Å². The first-order valence-corrected chi connectivity index (χ1v) is 13.2. The number of carboxylic acid groups (broad SMARTS) is 1. The average Bonchev–Trinajstić information content (AvgIpc) is 3.56. The largest absolute Gasteiger partial charge is 0.465 e. The number of nitrogens with one attached hydrogen (secondary N) is 1. The number of halogens is 1. The van der Waals surface area contributed by atoms with Crippen LogP contribution in [0.4, 0.5) is 15.0 Å². The summed E-state index contributed by atoms with van der Waals surface area (Å²) in [5, 5.41) is 17.8. The van der Waals surface area contributed by atoms with Crippen molar-refractivity contribution in [1.29, 1.82) is 0 Å². The third kappa shape index (κ3) is 4.48. The van der Waals surface area contributed by atoms with Crippen molar-refractivity contribution < 1.29 is 19.0 Å². The smallest absolute Gasteiger partial charge is 0.407 e. The van der Waals surface area contributed by atoms with Crippen LogP contribution in [0, 0.1) is 12.7 Å². The Bertz CT molecular complexity index is 1560. The highest BCUT2D eigenvalue weighted by atomic mass is 19.1. The SMILES string of the molecule is Cc1ccc2[nH]ncc2c1-c1ncc2c(N3CCN(C(=O)O)C[C@@H]3C)nc(OCC3CCCN3C)nc2c1F. The molecule has 12 heteroatoms. The summed E-state index contributed by atoms with van der Waals surface area (Å²) in [5.74, 6) is -0.0730. The molecule has 0 bridgehead atoms. The van der Waals surface area contributed by atoms with Gasteiger partial charge in [-0.15, -0.1) is 0 Å². The number of benzene rings is 1. The van der Waals surface area contributed by atoms with E-state index in [9.17, 15) is 9.90 Å². The van der Waals surface area contributed by atoms with E-state index in [2.05, 4.69) is 32.1 Å². The number of piperazine rings is 1. The van der Waals surface area contributed by atoms with Crippen LogP contribution in [0.25, 0.3) is 33.1 Å². The summed E-state index contributed by atoms with van der Waals surface area (Å²) in [6.45, 7) is 6.26. The number of aryl methyl sites for hydroxylation is 1. The summed E-state index contributed by atoms with van der Waals surface area (Å²) in [6.07, 6.45) is 4.43. The maximum atomic E-state index is 16.4. The van der Waals surface area contributed by atoms with Crippen LogP contribution < -0.4 is 9.64 Å². The Kier molecular flexibility index (Phi) is 6.42. The molecule has 2 atom stereocenters. The number of nitrogens with zero attached hydrogens (tertiary/aromatic N) is 7. The number of ether oxygens (including phenoxy) is 1. The second-order valence-corrected chi connectivity index (χ2v) is 10.5. The topological polar surface area (TPSA) is 124 Å². The Hall–Kier alpha value is -4.06. The van der Waals surface area contributed by atoms with Gasteiger partial charge in [-0.25, -0.2) is 9.18 Å². The maximum Gasteiger partial charge on any atom is 0.407 e. The number of hydrogen-bond acceptors (Lipinski definition) is 8. The van der Waals surface area contributed by atoms with Gasteiger partial charge in [-0.2, -0.15) is 15.1 Å². The minimum atomic E-state index is -0.958. The lowest BCUT2D eigenvalue weighted by atomic mass is 10.00. The van der Waals surface area contributed by atoms with Gasteiger partial charge in [0.25, 0.3) is 0 Å². The Balaban J connectivity index is 1.47. The van der Waals surface area contributed by atoms with E-state index in [0.717, 1.165) is 35.9 Å². The number of aromatic nitrogens is 5. The van der Waals surface area contributed by atoms with Crippen LogP contribution in [-0.2, 0) is 0 Å². The lowest BCUT2D eigenvalue weighted by Gasteiger charge is -2.39. The molecule has 0 saturated carbocycles. The van der Waals surface area contributed by atoms with E-state index in [4.69, 9.17) is 9.72 Å². The van der Waals surface area contributed by atoms with E-state index in [0.29, 0.717) is 43.0 Å². The van der Waals surface area contributed by atoms with Crippen LogP contribution >= 0.6 is 0 Å². The van der Waals surface area contributed by atoms with Gasteiger partial charge in [0, 0.05) is 48.9 Å². The summed E-state index contributed by atoms with van der Waals surface area (Å²) in [7, 11) is 2.06. The van der Waals surface area contributed by atoms with Gasteiger partial charge >= 0.3 is 12.1 Å². The van der Waals surface area contributed by atoms with Crippen molar-refractivity contribution in [3.63, 3.8) is 0 Å². The molecule has 2 fully saturated rings. The fraction of sp³-hybridized carbons (Fsp3) is 0.444. The van der Waals surface area contributed by atoms with Gasteiger partial charge < -0.3 is 24.5 Å². The van der Waals surface area contributed by atoms with Crippen LogP contribution in [0.1, 0.15) is 25.3 Å². The van der Waals surface area contributed by atoms with Crippen LogP contribution in [0.15, 0.2) is 24.5 Å². The van der Waals surface area contributed by atoms with Crippen molar-refractivity contribution >= 4 is 33.7 Å². The summed E-state index contributed by atoms with van der Waals surface area (Å²) in [4.78, 5) is 31.0. The predicted octanol–water partition coefficient (Wildman–Crippen LogP) is 3.68. The highest BCUT2D eigenvalue weighted by Gasteiger charge is 2.31. The number of anilines is 1. The van der Waals surface area contributed by atoms with E-state index in [1.807, 2.05) is 30.9 Å². The molecule has 5 heterocycles. The molecule has 2 aliphatic rings. The highest BCUT2D eigenvalue weighted by Crippen LogP contribution is 2.37. The third-order valence-corrected chi connectivity index (χ3v) is 7.96. The molecule has 2 saturated heterocycles. The first-order valence-electron chi connectivity index (χ1n) is 13.2. The zero-order chi connectivity index (χ0) is 27.3. The molecule has 11 nitrogen and oxygen atoms in total. The normalized spacial score (nSPS) is 20.3. The van der Waals surface area contributed by atoms with E-state index < -0.39 is 11.9 Å². The fourth-order valence-electron chi connectivity index (χ4n) is 5.73. The molecule has 1 aromatic carbocycles. The first kappa shape index (κ1) is 25.2. The molecule has 4 aromatic rings. The van der Waals surface area contributed by atoms with Gasteiger partial charge in [0.1, 0.15) is 23.6 Å². The third-order valence-electron chi connectivity index (χ3n) is 7.96. The maximum absolute atomic E-state index is 16.4. The first-order chi connectivity index (χ1) is 18.8. The van der Waals surface area contributed by atoms with Gasteiger partial charge in [-0.3, -0.25) is 10.1 Å². The van der Waals surface area contributed by atoms with Crippen LogP contribution in [0.3, 0.4) is 0 Å². The van der Waals surface area contributed by atoms with Crippen LogP contribution in [0.5, 0.6) is 6.01 Å². The molecular weight excluding hydrogens is 503 g/mol. The fourth-order valence-corrected chi connectivity index (χ4v) is 5.73. The lowest BCUT2D eigenvalue weighted by molar-refractivity contribution is 0.136. The Morgan fingerprint density at radius 1 is 1.21 bits per heavy atom. The minimum Gasteiger partial charge on any atom is -0.465 e. The average molecular weight is 535 g/mol. The number of H-pyrrole nitrogens is 1. The van der Waals surface area contributed by atoms with E-state index in [1.165, 1.54) is 4.90 Å². The molecule has 1 unspecified atom stereocenters. The summed E-state index contributed by atoms with van der Waals surface area (Å²) >= 11 is 0. The zero-order valence-electron chi connectivity index (χ0n) is 22.2. The van der Waals surface area contributed by atoms with Gasteiger partial charge in [-0.05, 0) is 51.9 Å². The number of hydrogen-bond donors (Lipinski definition) is 2. The molecule has 0 spiro atoms. The predicted molar refractivity (Wildman–Crippen MR) is 145 cm³/mol. The van der Waals surface area contributed by atoms with Gasteiger partial charge in [0.15, 0.2) is 5.82 Å². The molecule has 2 aliphatic heterocycles. The Morgan fingerprint density at radius 2 is 2.05 bits per heavy atom. The minimum absolute atomic E-state index is 0.0972. The number of pyridine rings is 1. The molecule has 2 N–H and O–H groups in total. The molecule has 1 amide bonds. The van der Waals surface area contributed by atoms with E-state index in [1.54, 1.807) is 12.4 Å². The Morgan fingerprint density at radius 3 is 2.79 bits per heavy atom. The highest BCUT2D eigenvalue weighted by molar-refractivity contribution is 5.98. The van der Waals surface area contributed by atoms with Crippen molar-refractivity contribution in [2.45, 2.75) is 38.8 Å². The molecule has 0 aliphatic carbocycles. The number of rotatable bonds is 5. The monoisotopic (exact) mass is 534 g/mol. The van der Waals surface area contributed by atoms with Gasteiger partial charge in [0.05, 0.1) is 17.1 Å². The van der Waals surface area contributed by atoms with Crippen LogP contribution in [-0.4, -0.2) is 98.1 Å². The molecular formula is C27H31FN8O3. The molecule has 6 rings (SSSR count). The van der Waals surface area contributed by atoms with Crippen molar-refractivity contribution in [3.8, 4) is 17.3 Å². The second-order valence-electron chi connectivity index (χ2n) is 10.5. The lowest BCUT2D eigenvalue weighted by Crippen LogP contribution is -2.53. The zero-order valence-corrected chi connectivity index (χ0v) is 22.2. The molecule has 3 aromatic heterocycles. The van der Waals surface area contributed by atoms with Crippen molar-refractivity contribution in [2.75, 3.05) is 44.7 Å². The standard InChI is InChI=1S/C27H31FN8O3/c1-15-6-7-20-18(12-30-33-20)21(15)24-22(28)23-19(11-29-24)25(36-10-9-35(27(37)38)13-16(36)2)32-26(31-23)39-14-17-5-4-8-34(17)3/h6-7,11-12,16-17H,4-5,8-10,13-14H2,1-3H3,(H,30,33)(H,37,38)/t16-,17?/m0/s1. The molecule has 204 valence electrons. The van der Waals surface area contributed by atoms with E-state index >= 15 is 4.39 Å². The van der Waals surface area contributed by atoms with Gasteiger partial charge in [0.2, 0.25) is 0 Å². The van der Waals surface area contributed by atoms with Crippen molar-refractivity contribution in [3.05, 3.63) is 35.9 Å². The summed E-state index contributed by atoms with van der Waals surface area (Å²) in [6, 6.07) is 3.96. The number of amides is 1. The number of likely N-dealkylation sites (tertiary alicyclic amines) is 1. The number of aromatic amines is 1. The van der Waals surface area contributed by atoms with E-state index in [-0.39, 0.29) is 29.3 Å². The number of carbonyl (C=O) groups is 1. The molecule has 39 heavy (non-hydrogen) atoms. The number of likely N-dealkylation sites (N-methyl/N-ethyl adjacent to an activating group) is 1. The Labute approximate surface area is 224 Å². The number of fused-ring (bicyclic) bond motifs is 2. The second kappa shape index (κ2) is 9.92. The quantitative estimate of drug-likeness (QED) is 0.395. The van der Waals surface area contributed by atoms with Crippen LogP contribution in [0.2, 0.25) is 0 Å². The summed E-state index contributed by atoms with van der Waals surface area (Å²) < 4.78 is 22.5. The molecule has 0 radical (unpaired) electrons. The van der Waals surface area contributed by atoms with Gasteiger partial charge in [-0.1, -0.05) is 6.07 Å². The van der Waals surface area contributed by atoms with Crippen molar-refractivity contribution in [2.24, 2.45) is 0 Å².